The van der Waals surface area contributed by atoms with Gasteiger partial charge in [-0.2, -0.15) is 0 Å². The molecule has 3 rings (SSSR count). The maximum Gasteiger partial charge on any atom is 0.255 e. The summed E-state index contributed by atoms with van der Waals surface area (Å²) in [6.45, 7) is 1.83. The molecule has 140 valence electrons. The monoisotopic (exact) mass is 383 g/mol. The van der Waals surface area contributed by atoms with Gasteiger partial charge in [0.2, 0.25) is 0 Å². The molecule has 1 atom stereocenters. The zero-order valence-electron chi connectivity index (χ0n) is 15.3. The minimum absolute atomic E-state index is 0.254. The maximum atomic E-state index is 13.1. The molecule has 0 bridgehead atoms. The number of hydrogen-bond donors (Lipinski definition) is 3. The Bertz CT molecular complexity index is 897. The Morgan fingerprint density at radius 2 is 1.85 bits per heavy atom. The molecule has 1 aliphatic heterocycles. The Balaban J connectivity index is 1.96. The smallest absolute Gasteiger partial charge is 0.255 e. The van der Waals surface area contributed by atoms with Crippen LogP contribution in [-0.4, -0.2) is 25.2 Å². The molecule has 0 fully saturated rings. The molecular weight excluding hydrogens is 362 g/mol. The Morgan fingerprint density at radius 3 is 2.52 bits per heavy atom. The Kier molecular flexibility index (Phi) is 5.61. The van der Waals surface area contributed by atoms with Crippen molar-refractivity contribution in [3.63, 3.8) is 0 Å². The van der Waals surface area contributed by atoms with Gasteiger partial charge >= 0.3 is 0 Å². The molecule has 0 unspecified atom stereocenters. The van der Waals surface area contributed by atoms with Crippen LogP contribution in [0.5, 0.6) is 11.5 Å². The second-order valence-electron chi connectivity index (χ2n) is 6.00. The van der Waals surface area contributed by atoms with Gasteiger partial charge in [0.25, 0.3) is 5.91 Å². The molecule has 1 heterocycles. The first-order chi connectivity index (χ1) is 13.0. The van der Waals surface area contributed by atoms with E-state index in [1.165, 1.54) is 0 Å². The van der Waals surface area contributed by atoms with E-state index < -0.39 is 0 Å². The van der Waals surface area contributed by atoms with Crippen LogP contribution < -0.4 is 25.4 Å². The fraction of sp³-hybridized carbons (Fsp3) is 0.200. The van der Waals surface area contributed by atoms with E-state index in [9.17, 15) is 4.79 Å². The van der Waals surface area contributed by atoms with Crippen LogP contribution in [0.15, 0.2) is 59.8 Å². The van der Waals surface area contributed by atoms with Crippen molar-refractivity contribution in [1.29, 1.82) is 0 Å². The number of amides is 1. The Labute approximate surface area is 163 Å². The van der Waals surface area contributed by atoms with Crippen LogP contribution in [0.3, 0.4) is 0 Å². The molecule has 0 aliphatic carbocycles. The number of thiocarbonyl (C=S) groups is 1. The van der Waals surface area contributed by atoms with Gasteiger partial charge < -0.3 is 25.4 Å². The van der Waals surface area contributed by atoms with Crippen molar-refractivity contribution in [3.8, 4) is 11.5 Å². The molecule has 27 heavy (non-hydrogen) atoms. The number of ether oxygens (including phenoxy) is 2. The molecule has 0 saturated carbocycles. The van der Waals surface area contributed by atoms with Crippen LogP contribution in [0.2, 0.25) is 0 Å². The molecule has 2 aromatic rings. The number of anilines is 1. The van der Waals surface area contributed by atoms with E-state index in [0.29, 0.717) is 33.6 Å². The summed E-state index contributed by atoms with van der Waals surface area (Å²) in [7, 11) is 3.12. The topological polar surface area (TPSA) is 71.6 Å². The minimum Gasteiger partial charge on any atom is -0.497 e. The lowest BCUT2D eigenvalue weighted by Crippen LogP contribution is -2.45. The third kappa shape index (κ3) is 4.03. The average molecular weight is 383 g/mol. The van der Waals surface area contributed by atoms with Gasteiger partial charge in [-0.25, -0.2) is 0 Å². The van der Waals surface area contributed by atoms with Crippen LogP contribution >= 0.6 is 12.2 Å². The molecule has 0 aromatic heterocycles. The van der Waals surface area contributed by atoms with E-state index in [4.69, 9.17) is 21.7 Å². The molecule has 0 saturated heterocycles. The van der Waals surface area contributed by atoms with Gasteiger partial charge in [-0.05, 0) is 36.8 Å². The van der Waals surface area contributed by atoms with Crippen molar-refractivity contribution in [2.24, 2.45) is 0 Å². The van der Waals surface area contributed by atoms with Gasteiger partial charge in [-0.15, -0.1) is 0 Å². The highest BCUT2D eigenvalue weighted by molar-refractivity contribution is 7.80. The van der Waals surface area contributed by atoms with Crippen molar-refractivity contribution < 1.29 is 14.3 Å². The Hall–Kier alpha value is -3.06. The highest BCUT2D eigenvalue weighted by atomic mass is 32.1. The summed E-state index contributed by atoms with van der Waals surface area (Å²) in [6, 6.07) is 14.6. The summed E-state index contributed by atoms with van der Waals surface area (Å²) >= 11 is 5.28. The summed E-state index contributed by atoms with van der Waals surface area (Å²) in [6.07, 6.45) is 0. The number of benzene rings is 2. The fourth-order valence-electron chi connectivity index (χ4n) is 2.99. The summed E-state index contributed by atoms with van der Waals surface area (Å²) in [5, 5.41) is 9.62. The molecule has 7 heteroatoms. The second kappa shape index (κ2) is 8.09. The molecule has 6 nitrogen and oxygen atoms in total. The number of carbonyl (C=O) groups excluding carboxylic acids is 1. The molecule has 1 aliphatic rings. The van der Waals surface area contributed by atoms with Crippen LogP contribution in [0.25, 0.3) is 0 Å². The zero-order valence-corrected chi connectivity index (χ0v) is 16.1. The first kappa shape index (κ1) is 18.7. The van der Waals surface area contributed by atoms with Crippen molar-refractivity contribution in [2.75, 3.05) is 19.5 Å². The van der Waals surface area contributed by atoms with E-state index in [0.717, 1.165) is 5.56 Å². The molecule has 2 aromatic carbocycles. The largest absolute Gasteiger partial charge is 0.497 e. The van der Waals surface area contributed by atoms with E-state index >= 15 is 0 Å². The van der Waals surface area contributed by atoms with Crippen LogP contribution in [0, 0.1) is 0 Å². The standard InChI is InChI=1S/C20H21N3O3S/c1-12-17(18(23-20(27)21-12)13-7-5-4-6-8-13)19(24)22-15-11-14(25-2)9-10-16(15)26-3/h4-11,18H,1-3H3,(H,22,24)(H2,21,23,27)/t18-/m0/s1. The number of allylic oxidation sites excluding steroid dienone is 1. The molecule has 3 N–H and O–H groups in total. The van der Waals surface area contributed by atoms with Gasteiger partial charge in [-0.1, -0.05) is 30.3 Å². The van der Waals surface area contributed by atoms with Crippen molar-refractivity contribution in [3.05, 3.63) is 65.4 Å². The molecule has 0 spiro atoms. The lowest BCUT2D eigenvalue weighted by Gasteiger charge is -2.30. The maximum absolute atomic E-state index is 13.1. The summed E-state index contributed by atoms with van der Waals surface area (Å²) in [4.78, 5) is 13.1. The van der Waals surface area contributed by atoms with E-state index in [1.54, 1.807) is 32.4 Å². The predicted octanol–water partition coefficient (Wildman–Crippen LogP) is 3.14. The zero-order chi connectivity index (χ0) is 19.4. The molecular formula is C20H21N3O3S. The third-order valence-corrected chi connectivity index (χ3v) is 4.52. The number of carbonyl (C=O) groups is 1. The highest BCUT2D eigenvalue weighted by Gasteiger charge is 2.30. The van der Waals surface area contributed by atoms with Crippen LogP contribution in [0.1, 0.15) is 18.5 Å². The number of methoxy groups -OCH3 is 2. The van der Waals surface area contributed by atoms with Gasteiger partial charge in [0.1, 0.15) is 11.5 Å². The summed E-state index contributed by atoms with van der Waals surface area (Å²) < 4.78 is 10.6. The second-order valence-corrected chi connectivity index (χ2v) is 6.41. The number of rotatable bonds is 5. The summed E-state index contributed by atoms with van der Waals surface area (Å²) in [5.74, 6) is 0.916. The Morgan fingerprint density at radius 1 is 1.11 bits per heavy atom. The minimum atomic E-state index is -0.350. The van der Waals surface area contributed by atoms with Gasteiger partial charge in [0.05, 0.1) is 31.5 Å². The quantitative estimate of drug-likeness (QED) is 0.689. The van der Waals surface area contributed by atoms with Crippen molar-refractivity contribution in [2.45, 2.75) is 13.0 Å². The average Bonchev–Trinajstić information content (AvgIpc) is 2.67. The lowest BCUT2D eigenvalue weighted by molar-refractivity contribution is -0.113. The van der Waals surface area contributed by atoms with Crippen LogP contribution in [-0.2, 0) is 4.79 Å². The van der Waals surface area contributed by atoms with Crippen molar-refractivity contribution >= 4 is 28.9 Å². The lowest BCUT2D eigenvalue weighted by atomic mass is 9.95. The summed E-state index contributed by atoms with van der Waals surface area (Å²) in [5.41, 5.74) is 2.73. The van der Waals surface area contributed by atoms with Gasteiger partial charge in [0, 0.05) is 11.8 Å². The third-order valence-electron chi connectivity index (χ3n) is 4.30. The molecule has 0 radical (unpaired) electrons. The first-order valence-electron chi connectivity index (χ1n) is 8.40. The number of nitrogens with one attached hydrogen (secondary N) is 3. The van der Waals surface area contributed by atoms with Gasteiger partial charge in [-0.3, -0.25) is 4.79 Å². The first-order valence-corrected chi connectivity index (χ1v) is 8.81. The van der Waals surface area contributed by atoms with E-state index in [1.807, 2.05) is 37.3 Å². The molecule has 1 amide bonds. The van der Waals surface area contributed by atoms with E-state index in [2.05, 4.69) is 16.0 Å². The highest BCUT2D eigenvalue weighted by Crippen LogP contribution is 2.32. The van der Waals surface area contributed by atoms with E-state index in [-0.39, 0.29) is 11.9 Å². The van der Waals surface area contributed by atoms with Crippen molar-refractivity contribution in [1.82, 2.24) is 10.6 Å². The predicted molar refractivity (Wildman–Crippen MR) is 109 cm³/mol. The van der Waals surface area contributed by atoms with Gasteiger partial charge in [0.15, 0.2) is 5.11 Å². The van der Waals surface area contributed by atoms with Crippen LogP contribution in [0.4, 0.5) is 5.69 Å². The number of hydrogen-bond acceptors (Lipinski definition) is 4. The SMILES string of the molecule is COc1ccc(OC)c(NC(=O)C2=C(C)NC(=S)N[C@H]2c2ccccc2)c1. The fourth-order valence-corrected chi connectivity index (χ4v) is 3.26. The normalized spacial score (nSPS) is 16.3.